The Morgan fingerprint density at radius 1 is 1.27 bits per heavy atom. The van der Waals surface area contributed by atoms with Crippen molar-refractivity contribution in [2.45, 2.75) is 13.5 Å². The summed E-state index contributed by atoms with van der Waals surface area (Å²) in [6.07, 6.45) is 1.56. The summed E-state index contributed by atoms with van der Waals surface area (Å²) in [7, 11) is 3.02. The lowest BCUT2D eigenvalue weighted by molar-refractivity contribution is 0.0461. The first-order valence-corrected chi connectivity index (χ1v) is 6.59. The SMILES string of the molecule is COc1ccc(COC(=O)c2cc(C(C)=O)cn2C)cc1F. The molecule has 0 saturated carbocycles. The van der Waals surface area contributed by atoms with Crippen molar-refractivity contribution in [3.63, 3.8) is 0 Å². The number of methoxy groups -OCH3 is 1. The molecule has 5 nitrogen and oxygen atoms in total. The van der Waals surface area contributed by atoms with Gasteiger partial charge in [0.15, 0.2) is 17.3 Å². The van der Waals surface area contributed by atoms with Gasteiger partial charge in [0.2, 0.25) is 0 Å². The summed E-state index contributed by atoms with van der Waals surface area (Å²) in [5.41, 5.74) is 1.21. The molecule has 2 aromatic rings. The number of nitrogens with zero attached hydrogens (tertiary/aromatic N) is 1. The van der Waals surface area contributed by atoms with Gasteiger partial charge in [-0.15, -0.1) is 0 Å². The molecule has 0 radical (unpaired) electrons. The molecule has 0 fully saturated rings. The van der Waals surface area contributed by atoms with Crippen LogP contribution in [-0.4, -0.2) is 23.4 Å². The molecule has 6 heteroatoms. The van der Waals surface area contributed by atoms with Gasteiger partial charge < -0.3 is 14.0 Å². The number of aryl methyl sites for hydroxylation is 1. The summed E-state index contributed by atoms with van der Waals surface area (Å²) in [5.74, 6) is -1.10. The molecule has 1 aromatic carbocycles. The average molecular weight is 305 g/mol. The molecule has 0 atom stereocenters. The Morgan fingerprint density at radius 3 is 2.55 bits per heavy atom. The van der Waals surface area contributed by atoms with Gasteiger partial charge in [0, 0.05) is 18.8 Å². The second-order valence-corrected chi connectivity index (χ2v) is 4.83. The van der Waals surface area contributed by atoms with Crippen LogP contribution < -0.4 is 4.74 Å². The van der Waals surface area contributed by atoms with Crippen molar-refractivity contribution in [1.29, 1.82) is 0 Å². The van der Waals surface area contributed by atoms with Crippen molar-refractivity contribution >= 4 is 11.8 Å². The van der Waals surface area contributed by atoms with Crippen molar-refractivity contribution < 1.29 is 23.5 Å². The van der Waals surface area contributed by atoms with Crippen LogP contribution in [0.4, 0.5) is 4.39 Å². The van der Waals surface area contributed by atoms with Gasteiger partial charge in [0.05, 0.1) is 7.11 Å². The van der Waals surface area contributed by atoms with E-state index in [-0.39, 0.29) is 23.8 Å². The molecule has 1 heterocycles. The fourth-order valence-corrected chi connectivity index (χ4v) is 1.98. The van der Waals surface area contributed by atoms with Crippen molar-refractivity contribution in [1.82, 2.24) is 4.57 Å². The van der Waals surface area contributed by atoms with Crippen LogP contribution in [0.2, 0.25) is 0 Å². The summed E-state index contributed by atoms with van der Waals surface area (Å²) in [6.45, 7) is 1.35. The monoisotopic (exact) mass is 305 g/mol. The molecule has 22 heavy (non-hydrogen) atoms. The first-order valence-electron chi connectivity index (χ1n) is 6.59. The summed E-state index contributed by atoms with van der Waals surface area (Å²) in [4.78, 5) is 23.3. The second kappa shape index (κ2) is 6.43. The molecule has 116 valence electrons. The first kappa shape index (κ1) is 15.8. The lowest BCUT2D eigenvalue weighted by Gasteiger charge is -2.07. The smallest absolute Gasteiger partial charge is 0.355 e. The highest BCUT2D eigenvalue weighted by Crippen LogP contribution is 2.18. The highest BCUT2D eigenvalue weighted by molar-refractivity contribution is 5.97. The maximum Gasteiger partial charge on any atom is 0.355 e. The average Bonchev–Trinajstić information content (AvgIpc) is 2.87. The van der Waals surface area contributed by atoms with Crippen molar-refractivity contribution in [2.24, 2.45) is 7.05 Å². The van der Waals surface area contributed by atoms with E-state index in [9.17, 15) is 14.0 Å². The molecule has 0 saturated heterocycles. The van der Waals surface area contributed by atoms with Gasteiger partial charge in [-0.1, -0.05) is 6.07 Å². The molecule has 0 amide bonds. The van der Waals surface area contributed by atoms with E-state index >= 15 is 0 Å². The number of benzene rings is 1. The lowest BCUT2D eigenvalue weighted by Crippen LogP contribution is -2.09. The molecule has 0 aliphatic carbocycles. The quantitative estimate of drug-likeness (QED) is 0.629. The Morgan fingerprint density at radius 2 is 2.00 bits per heavy atom. The Bertz CT molecular complexity index is 721. The number of carbonyl (C=O) groups is 2. The minimum Gasteiger partial charge on any atom is -0.494 e. The summed E-state index contributed by atoms with van der Waals surface area (Å²) >= 11 is 0. The molecule has 0 spiro atoms. The second-order valence-electron chi connectivity index (χ2n) is 4.83. The van der Waals surface area contributed by atoms with Gasteiger partial charge in [0.1, 0.15) is 12.3 Å². The molecule has 0 aliphatic rings. The van der Waals surface area contributed by atoms with Gasteiger partial charge in [-0.05, 0) is 30.7 Å². The summed E-state index contributed by atoms with van der Waals surface area (Å²) in [6, 6.07) is 5.80. The molecule has 0 N–H and O–H groups in total. The molecule has 0 unspecified atom stereocenters. The fraction of sp³-hybridized carbons (Fsp3) is 0.250. The van der Waals surface area contributed by atoms with Gasteiger partial charge in [0.25, 0.3) is 0 Å². The number of esters is 1. The zero-order chi connectivity index (χ0) is 16.3. The van der Waals surface area contributed by atoms with Gasteiger partial charge >= 0.3 is 5.97 Å². The van der Waals surface area contributed by atoms with Crippen LogP contribution in [-0.2, 0) is 18.4 Å². The number of ketones is 1. The van der Waals surface area contributed by atoms with Crippen molar-refractivity contribution in [3.05, 3.63) is 53.1 Å². The Hall–Kier alpha value is -2.63. The number of Topliss-reactive ketones (excluding diaryl/α,β-unsaturated/α-hetero) is 1. The van der Waals surface area contributed by atoms with E-state index in [1.165, 1.54) is 36.8 Å². The maximum atomic E-state index is 13.5. The number of halogens is 1. The molecular formula is C16H16FNO4. The van der Waals surface area contributed by atoms with E-state index in [2.05, 4.69) is 0 Å². The molecule has 1 aromatic heterocycles. The largest absolute Gasteiger partial charge is 0.494 e. The Balaban J connectivity index is 2.07. The third-order valence-electron chi connectivity index (χ3n) is 3.21. The molecule has 0 bridgehead atoms. The fourth-order valence-electron chi connectivity index (χ4n) is 1.98. The zero-order valence-electron chi connectivity index (χ0n) is 12.6. The minimum absolute atomic E-state index is 0.0691. The zero-order valence-corrected chi connectivity index (χ0v) is 12.6. The van der Waals surface area contributed by atoms with Crippen LogP contribution in [0.1, 0.15) is 33.3 Å². The van der Waals surface area contributed by atoms with E-state index in [0.717, 1.165) is 0 Å². The van der Waals surface area contributed by atoms with Gasteiger partial charge in [-0.3, -0.25) is 4.79 Å². The number of hydrogen-bond acceptors (Lipinski definition) is 4. The van der Waals surface area contributed by atoms with E-state index in [4.69, 9.17) is 9.47 Å². The van der Waals surface area contributed by atoms with Crippen LogP contribution in [0.3, 0.4) is 0 Å². The van der Waals surface area contributed by atoms with Gasteiger partial charge in [-0.2, -0.15) is 0 Å². The number of rotatable bonds is 5. The maximum absolute atomic E-state index is 13.5. The minimum atomic E-state index is -0.578. The van der Waals surface area contributed by atoms with Crippen LogP contribution in [0, 0.1) is 5.82 Å². The third kappa shape index (κ3) is 3.33. The molecule has 0 aliphatic heterocycles. The topological polar surface area (TPSA) is 57.5 Å². The van der Waals surface area contributed by atoms with Crippen molar-refractivity contribution in [3.8, 4) is 5.75 Å². The van der Waals surface area contributed by atoms with Crippen LogP contribution in [0.25, 0.3) is 0 Å². The van der Waals surface area contributed by atoms with Crippen molar-refractivity contribution in [2.75, 3.05) is 7.11 Å². The van der Waals surface area contributed by atoms with E-state index < -0.39 is 11.8 Å². The summed E-state index contributed by atoms with van der Waals surface area (Å²) < 4.78 is 25.0. The number of ether oxygens (including phenoxy) is 2. The van der Waals surface area contributed by atoms with E-state index in [0.29, 0.717) is 11.1 Å². The molecule has 2 rings (SSSR count). The number of carbonyl (C=O) groups excluding carboxylic acids is 2. The van der Waals surface area contributed by atoms with Crippen LogP contribution in [0.15, 0.2) is 30.5 Å². The Labute approximate surface area is 127 Å². The predicted octanol–water partition coefficient (Wildman–Crippen LogP) is 2.73. The summed E-state index contributed by atoms with van der Waals surface area (Å²) in [5, 5.41) is 0. The highest BCUT2D eigenvalue weighted by Gasteiger charge is 2.15. The Kier molecular flexibility index (Phi) is 4.60. The normalized spacial score (nSPS) is 10.4. The number of hydrogen-bond donors (Lipinski definition) is 0. The predicted molar refractivity (Wildman–Crippen MR) is 77.5 cm³/mol. The van der Waals surface area contributed by atoms with Crippen LogP contribution >= 0.6 is 0 Å². The highest BCUT2D eigenvalue weighted by atomic mass is 19.1. The van der Waals surface area contributed by atoms with Crippen LogP contribution in [0.5, 0.6) is 5.75 Å². The standard InChI is InChI=1S/C16H16FNO4/c1-10(19)12-7-14(18(2)8-12)16(20)22-9-11-4-5-15(21-3)13(17)6-11/h4-8H,9H2,1-3H3. The third-order valence-corrected chi connectivity index (χ3v) is 3.21. The number of aromatic nitrogens is 1. The van der Waals surface area contributed by atoms with Gasteiger partial charge in [-0.25, -0.2) is 9.18 Å². The van der Waals surface area contributed by atoms with E-state index in [1.807, 2.05) is 0 Å². The first-order chi connectivity index (χ1) is 10.4. The molecular weight excluding hydrogens is 289 g/mol. The lowest BCUT2D eigenvalue weighted by atomic mass is 10.2. The van der Waals surface area contributed by atoms with E-state index in [1.54, 1.807) is 19.3 Å².